The summed E-state index contributed by atoms with van der Waals surface area (Å²) in [6.07, 6.45) is 4.16. The predicted octanol–water partition coefficient (Wildman–Crippen LogP) is 4.32. The number of hydrogen-bond acceptors (Lipinski definition) is 4. The van der Waals surface area contributed by atoms with Crippen LogP contribution >= 0.6 is 0 Å². The van der Waals surface area contributed by atoms with E-state index in [0.29, 0.717) is 17.8 Å². The zero-order chi connectivity index (χ0) is 22.4. The Balaban J connectivity index is 1.91. The standard InChI is InChI=1S/C24H33N3O3S/c1-4-18(2)26-31(29,30)23-17-21(25-24(28)16-20-11-6-5-7-12-20)13-14-22(23)27-15-9-8-10-19(27)3/h5-7,11-14,17-19,26H,4,8-10,15-16H2,1-3H3,(H,25,28). The lowest BCUT2D eigenvalue weighted by molar-refractivity contribution is -0.115. The van der Waals surface area contributed by atoms with Gasteiger partial charge in [-0.2, -0.15) is 0 Å². The number of nitrogens with zero attached hydrogens (tertiary/aromatic N) is 1. The maximum Gasteiger partial charge on any atom is 0.242 e. The molecule has 0 radical (unpaired) electrons. The third-order valence-corrected chi connectivity index (χ3v) is 7.44. The van der Waals surface area contributed by atoms with Crippen molar-refractivity contribution in [2.75, 3.05) is 16.8 Å². The second-order valence-corrected chi connectivity index (χ2v) is 10.0. The molecule has 0 saturated carbocycles. The minimum absolute atomic E-state index is 0.173. The van der Waals surface area contributed by atoms with E-state index in [2.05, 4.69) is 21.9 Å². The molecule has 6 nitrogen and oxygen atoms in total. The topological polar surface area (TPSA) is 78.5 Å². The summed E-state index contributed by atoms with van der Waals surface area (Å²) in [4.78, 5) is 14.9. The van der Waals surface area contributed by atoms with Crippen molar-refractivity contribution in [1.29, 1.82) is 0 Å². The molecule has 0 aliphatic carbocycles. The van der Waals surface area contributed by atoms with E-state index in [1.54, 1.807) is 12.1 Å². The van der Waals surface area contributed by atoms with E-state index in [4.69, 9.17) is 0 Å². The quantitative estimate of drug-likeness (QED) is 0.637. The molecule has 31 heavy (non-hydrogen) atoms. The highest BCUT2D eigenvalue weighted by Gasteiger charge is 2.27. The lowest BCUT2D eigenvalue weighted by Crippen LogP contribution is -2.39. The van der Waals surface area contributed by atoms with Crippen molar-refractivity contribution >= 4 is 27.3 Å². The molecule has 2 atom stereocenters. The lowest BCUT2D eigenvalue weighted by Gasteiger charge is -2.36. The van der Waals surface area contributed by atoms with Gasteiger partial charge in [-0.25, -0.2) is 13.1 Å². The molecule has 0 aromatic heterocycles. The van der Waals surface area contributed by atoms with Crippen molar-refractivity contribution in [2.24, 2.45) is 0 Å². The molecule has 1 aliphatic heterocycles. The molecular weight excluding hydrogens is 410 g/mol. The van der Waals surface area contributed by atoms with Crippen molar-refractivity contribution in [3.8, 4) is 0 Å². The van der Waals surface area contributed by atoms with Gasteiger partial charge in [0.25, 0.3) is 0 Å². The van der Waals surface area contributed by atoms with Crippen LogP contribution in [0.5, 0.6) is 0 Å². The number of anilines is 2. The van der Waals surface area contributed by atoms with Gasteiger partial charge in [0, 0.05) is 24.3 Å². The van der Waals surface area contributed by atoms with Crippen molar-refractivity contribution < 1.29 is 13.2 Å². The van der Waals surface area contributed by atoms with Crippen LogP contribution in [0.4, 0.5) is 11.4 Å². The molecule has 1 amide bonds. The number of amides is 1. The van der Waals surface area contributed by atoms with Crippen molar-refractivity contribution in [3.63, 3.8) is 0 Å². The Bertz CT molecular complexity index is 992. The Kier molecular flexibility index (Phi) is 7.73. The van der Waals surface area contributed by atoms with Gasteiger partial charge in [0.05, 0.1) is 12.1 Å². The highest BCUT2D eigenvalue weighted by Crippen LogP contribution is 2.33. The number of hydrogen-bond donors (Lipinski definition) is 2. The first kappa shape index (κ1) is 23.3. The van der Waals surface area contributed by atoms with Crippen LogP contribution in [-0.2, 0) is 21.2 Å². The molecule has 0 bridgehead atoms. The minimum atomic E-state index is -3.74. The molecule has 168 valence electrons. The van der Waals surface area contributed by atoms with Gasteiger partial charge < -0.3 is 10.2 Å². The molecule has 1 aliphatic rings. The number of sulfonamides is 1. The van der Waals surface area contributed by atoms with E-state index in [1.165, 1.54) is 0 Å². The van der Waals surface area contributed by atoms with Gasteiger partial charge in [0.2, 0.25) is 15.9 Å². The van der Waals surface area contributed by atoms with Crippen LogP contribution < -0.4 is 14.9 Å². The largest absolute Gasteiger partial charge is 0.368 e. The molecular formula is C24H33N3O3S. The Morgan fingerprint density at radius 3 is 2.58 bits per heavy atom. The summed E-state index contributed by atoms with van der Waals surface area (Å²) < 4.78 is 29.3. The van der Waals surface area contributed by atoms with Crippen LogP contribution in [-0.4, -0.2) is 33.0 Å². The van der Waals surface area contributed by atoms with Gasteiger partial charge >= 0.3 is 0 Å². The fraction of sp³-hybridized carbons (Fsp3) is 0.458. The maximum atomic E-state index is 13.3. The van der Waals surface area contributed by atoms with E-state index >= 15 is 0 Å². The fourth-order valence-electron chi connectivity index (χ4n) is 3.90. The Hall–Kier alpha value is -2.38. The highest BCUT2D eigenvalue weighted by atomic mass is 32.2. The first-order valence-corrected chi connectivity index (χ1v) is 12.5. The van der Waals surface area contributed by atoms with Gasteiger partial charge in [-0.05, 0) is 63.3 Å². The summed E-state index contributed by atoms with van der Waals surface area (Å²) in [7, 11) is -3.74. The number of carbonyl (C=O) groups is 1. The van der Waals surface area contributed by atoms with E-state index in [-0.39, 0.29) is 29.3 Å². The second kappa shape index (κ2) is 10.3. The van der Waals surface area contributed by atoms with Gasteiger partial charge in [-0.3, -0.25) is 4.79 Å². The van der Waals surface area contributed by atoms with Crippen LogP contribution in [0.25, 0.3) is 0 Å². The molecule has 2 unspecified atom stereocenters. The van der Waals surface area contributed by atoms with Crippen molar-refractivity contribution in [1.82, 2.24) is 4.72 Å². The average molecular weight is 444 g/mol. The summed E-state index contributed by atoms with van der Waals surface area (Å²) >= 11 is 0. The number of piperidine rings is 1. The normalized spacial score (nSPS) is 17.9. The first-order chi connectivity index (χ1) is 14.8. The lowest BCUT2D eigenvalue weighted by atomic mass is 10.0. The Labute approximate surface area is 186 Å². The second-order valence-electron chi connectivity index (χ2n) is 8.36. The summed E-state index contributed by atoms with van der Waals surface area (Å²) in [5.41, 5.74) is 2.09. The maximum absolute atomic E-state index is 13.3. The van der Waals surface area contributed by atoms with Crippen LogP contribution in [0.1, 0.15) is 52.0 Å². The van der Waals surface area contributed by atoms with Gasteiger partial charge in [-0.15, -0.1) is 0 Å². The smallest absolute Gasteiger partial charge is 0.242 e. The summed E-state index contributed by atoms with van der Waals surface area (Å²) in [6.45, 7) is 6.76. The van der Waals surface area contributed by atoms with E-state index in [1.807, 2.05) is 50.2 Å². The van der Waals surface area contributed by atoms with Crippen LogP contribution in [0.2, 0.25) is 0 Å². The minimum Gasteiger partial charge on any atom is -0.368 e. The number of nitrogens with one attached hydrogen (secondary N) is 2. The molecule has 1 saturated heterocycles. The third-order valence-electron chi connectivity index (χ3n) is 5.82. The summed E-state index contributed by atoms with van der Waals surface area (Å²) in [5.74, 6) is -0.177. The average Bonchev–Trinajstić information content (AvgIpc) is 2.74. The fourth-order valence-corrected chi connectivity index (χ4v) is 5.46. The third kappa shape index (κ3) is 6.08. The van der Waals surface area contributed by atoms with Gasteiger partial charge in [0.15, 0.2) is 0 Å². The zero-order valence-corrected chi connectivity index (χ0v) is 19.4. The molecule has 3 rings (SSSR count). The van der Waals surface area contributed by atoms with Gasteiger partial charge in [0.1, 0.15) is 4.90 Å². The monoisotopic (exact) mass is 443 g/mol. The van der Waals surface area contributed by atoms with Crippen LogP contribution in [0.15, 0.2) is 53.4 Å². The molecule has 0 spiro atoms. The van der Waals surface area contributed by atoms with Crippen molar-refractivity contribution in [2.45, 2.75) is 69.9 Å². The number of carbonyl (C=O) groups excluding carboxylic acids is 1. The van der Waals surface area contributed by atoms with Gasteiger partial charge in [-0.1, -0.05) is 37.3 Å². The molecule has 2 aromatic rings. The van der Waals surface area contributed by atoms with E-state index < -0.39 is 10.0 Å². The van der Waals surface area contributed by atoms with Crippen molar-refractivity contribution in [3.05, 3.63) is 54.1 Å². The van der Waals surface area contributed by atoms with E-state index in [9.17, 15) is 13.2 Å². The summed E-state index contributed by atoms with van der Waals surface area (Å²) in [6, 6.07) is 14.8. The molecule has 7 heteroatoms. The first-order valence-electron chi connectivity index (χ1n) is 11.1. The zero-order valence-electron chi connectivity index (χ0n) is 18.6. The molecule has 1 heterocycles. The SMILES string of the molecule is CCC(C)NS(=O)(=O)c1cc(NC(=O)Cc2ccccc2)ccc1N1CCCCC1C. The summed E-state index contributed by atoms with van der Waals surface area (Å²) in [5, 5.41) is 2.86. The molecule has 2 N–H and O–H groups in total. The predicted molar refractivity (Wildman–Crippen MR) is 126 cm³/mol. The van der Waals surface area contributed by atoms with Crippen LogP contribution in [0, 0.1) is 0 Å². The van der Waals surface area contributed by atoms with Crippen LogP contribution in [0.3, 0.4) is 0 Å². The van der Waals surface area contributed by atoms with E-state index in [0.717, 1.165) is 31.4 Å². The Morgan fingerprint density at radius 2 is 1.90 bits per heavy atom. The molecule has 2 aromatic carbocycles. The number of benzene rings is 2. The highest BCUT2D eigenvalue weighted by molar-refractivity contribution is 7.89. The Morgan fingerprint density at radius 1 is 1.16 bits per heavy atom. The number of rotatable bonds is 8. The molecule has 1 fully saturated rings.